The summed E-state index contributed by atoms with van der Waals surface area (Å²) in [5.74, 6) is -2.50. The molecule has 0 radical (unpaired) electrons. The monoisotopic (exact) mass is 767 g/mol. The standard InChI is InChI=1S/C42H65N5O8/c1-29(2)27-33-39(51)46-25-20-23-34(46)37(49)43-30(3)36(48)44-31(4)40(52)54-26-19-14-12-10-8-9-11-13-18-24-47(41(53)55-42(5,6)7)35(38(50)45-33)28-32-21-16-15-17-22-32/h13,15-18,21-22,29-31,33-35H,8-12,14,19-20,23-28H2,1-7H3,(H,43,49)(H,44,48)(H,45,50)/b18-13-/t30-,31-,33-,34-,35?/m0/s1. The van der Waals surface area contributed by atoms with Crippen LogP contribution in [-0.2, 0) is 39.9 Å². The molecule has 306 valence electrons. The van der Waals surface area contributed by atoms with Gasteiger partial charge >= 0.3 is 12.1 Å². The average molecular weight is 768 g/mol. The van der Waals surface area contributed by atoms with Gasteiger partial charge in [-0.1, -0.05) is 82.0 Å². The van der Waals surface area contributed by atoms with Crippen LogP contribution in [-0.4, -0.2) is 101 Å². The van der Waals surface area contributed by atoms with Crippen LogP contribution in [0.5, 0.6) is 0 Å². The molecule has 13 nitrogen and oxygen atoms in total. The maximum Gasteiger partial charge on any atom is 0.411 e. The van der Waals surface area contributed by atoms with E-state index >= 15 is 0 Å². The molecule has 2 heterocycles. The van der Waals surface area contributed by atoms with Gasteiger partial charge in [0.15, 0.2) is 0 Å². The summed E-state index contributed by atoms with van der Waals surface area (Å²) in [6, 6.07) is 4.68. The predicted octanol–water partition coefficient (Wildman–Crippen LogP) is 5.21. The summed E-state index contributed by atoms with van der Waals surface area (Å²) in [5.41, 5.74) is 0.0199. The number of allylic oxidation sites excluding steroid dienone is 1. The first-order chi connectivity index (χ1) is 26.1. The van der Waals surface area contributed by atoms with E-state index in [0.29, 0.717) is 32.2 Å². The van der Waals surface area contributed by atoms with Gasteiger partial charge in [-0.25, -0.2) is 9.59 Å². The number of esters is 1. The van der Waals surface area contributed by atoms with E-state index in [4.69, 9.17) is 9.47 Å². The fourth-order valence-corrected chi connectivity index (χ4v) is 6.74. The summed E-state index contributed by atoms with van der Waals surface area (Å²) in [4.78, 5) is 84.6. The normalized spacial score (nSPS) is 25.9. The summed E-state index contributed by atoms with van der Waals surface area (Å²) < 4.78 is 11.2. The van der Waals surface area contributed by atoms with E-state index in [1.54, 1.807) is 20.8 Å². The van der Waals surface area contributed by atoms with Crippen LogP contribution in [0, 0.1) is 5.92 Å². The first kappa shape index (κ1) is 45.0. The zero-order valence-corrected chi connectivity index (χ0v) is 34.1. The highest BCUT2D eigenvalue weighted by Crippen LogP contribution is 2.22. The molecule has 0 spiro atoms. The summed E-state index contributed by atoms with van der Waals surface area (Å²) in [6.45, 7) is 13.0. The third-order valence-electron chi connectivity index (χ3n) is 9.68. The van der Waals surface area contributed by atoms with Crippen molar-refractivity contribution in [2.75, 3.05) is 19.7 Å². The Hall–Kier alpha value is -4.42. The van der Waals surface area contributed by atoms with Crippen LogP contribution in [0.25, 0.3) is 0 Å². The Labute approximate surface area is 327 Å². The largest absolute Gasteiger partial charge is 0.464 e. The molecule has 2 aliphatic rings. The maximum absolute atomic E-state index is 14.5. The number of ether oxygens (including phenoxy) is 2. The molecule has 3 rings (SSSR count). The van der Waals surface area contributed by atoms with Gasteiger partial charge in [-0.05, 0) is 84.6 Å². The number of rotatable bonds is 4. The van der Waals surface area contributed by atoms with E-state index in [0.717, 1.165) is 44.1 Å². The van der Waals surface area contributed by atoms with E-state index < -0.39 is 71.5 Å². The maximum atomic E-state index is 14.5. The molecule has 2 aliphatic heterocycles. The number of amides is 5. The number of nitrogens with zero attached hydrogens (tertiary/aromatic N) is 2. The van der Waals surface area contributed by atoms with Crippen molar-refractivity contribution in [3.8, 4) is 0 Å². The molecule has 0 saturated carbocycles. The van der Waals surface area contributed by atoms with Gasteiger partial charge in [-0.2, -0.15) is 0 Å². The first-order valence-corrected chi connectivity index (χ1v) is 20.1. The van der Waals surface area contributed by atoms with Crippen molar-refractivity contribution in [3.63, 3.8) is 0 Å². The van der Waals surface area contributed by atoms with Crippen LogP contribution in [0.4, 0.5) is 4.79 Å². The molecule has 1 fully saturated rings. The number of carbonyl (C=O) groups excluding carboxylic acids is 6. The number of benzene rings is 1. The third-order valence-corrected chi connectivity index (χ3v) is 9.68. The Bertz CT molecular complexity index is 1460. The fraction of sp³-hybridized carbons (Fsp3) is 0.667. The second kappa shape index (κ2) is 22.2. The highest BCUT2D eigenvalue weighted by Gasteiger charge is 2.40. The van der Waals surface area contributed by atoms with Gasteiger partial charge in [0.05, 0.1) is 6.61 Å². The molecule has 55 heavy (non-hydrogen) atoms. The minimum absolute atomic E-state index is 0.00336. The van der Waals surface area contributed by atoms with Gasteiger partial charge in [-0.15, -0.1) is 0 Å². The van der Waals surface area contributed by atoms with Crippen molar-refractivity contribution in [2.24, 2.45) is 5.92 Å². The van der Waals surface area contributed by atoms with Crippen LogP contribution in [0.15, 0.2) is 42.5 Å². The number of fused-ring (bicyclic) bond motifs is 1. The molecule has 3 N–H and O–H groups in total. The minimum atomic E-state index is -1.01. The summed E-state index contributed by atoms with van der Waals surface area (Å²) in [7, 11) is 0. The lowest BCUT2D eigenvalue weighted by molar-refractivity contribution is -0.147. The number of hydrogen-bond donors (Lipinski definition) is 3. The Morgan fingerprint density at radius 3 is 2.16 bits per heavy atom. The highest BCUT2D eigenvalue weighted by atomic mass is 16.6. The van der Waals surface area contributed by atoms with Crippen LogP contribution in [0.3, 0.4) is 0 Å². The van der Waals surface area contributed by atoms with Gasteiger partial charge in [0.1, 0.15) is 35.8 Å². The molecular formula is C42H65N5O8. The molecule has 1 saturated heterocycles. The van der Waals surface area contributed by atoms with Crippen molar-refractivity contribution < 1.29 is 38.2 Å². The summed E-state index contributed by atoms with van der Waals surface area (Å²) >= 11 is 0. The van der Waals surface area contributed by atoms with E-state index in [-0.39, 0.29) is 25.5 Å². The van der Waals surface area contributed by atoms with Crippen molar-refractivity contribution in [2.45, 2.75) is 155 Å². The predicted molar refractivity (Wildman–Crippen MR) is 211 cm³/mol. The lowest BCUT2D eigenvalue weighted by Crippen LogP contribution is -2.59. The van der Waals surface area contributed by atoms with Gasteiger partial charge < -0.3 is 30.3 Å². The molecule has 0 bridgehead atoms. The quantitative estimate of drug-likeness (QED) is 0.278. The van der Waals surface area contributed by atoms with Crippen molar-refractivity contribution in [3.05, 3.63) is 48.0 Å². The number of cyclic esters (lactones) is 1. The summed E-state index contributed by atoms with van der Waals surface area (Å²) in [6.07, 6.45) is 11.1. The molecule has 1 aromatic carbocycles. The molecule has 1 unspecified atom stereocenters. The molecule has 13 heteroatoms. The Balaban J connectivity index is 1.96. The van der Waals surface area contributed by atoms with Crippen LogP contribution in [0.1, 0.15) is 118 Å². The zero-order valence-electron chi connectivity index (χ0n) is 34.1. The molecule has 0 aromatic heterocycles. The fourth-order valence-electron chi connectivity index (χ4n) is 6.74. The first-order valence-electron chi connectivity index (χ1n) is 20.1. The molecular weight excluding hydrogens is 702 g/mol. The van der Waals surface area contributed by atoms with Gasteiger partial charge in [-0.3, -0.25) is 24.1 Å². The number of nitrogens with one attached hydrogen (secondary N) is 3. The van der Waals surface area contributed by atoms with E-state index in [2.05, 4.69) is 16.0 Å². The Morgan fingerprint density at radius 1 is 0.836 bits per heavy atom. The van der Waals surface area contributed by atoms with Crippen LogP contribution < -0.4 is 16.0 Å². The van der Waals surface area contributed by atoms with E-state index in [9.17, 15) is 28.8 Å². The van der Waals surface area contributed by atoms with E-state index in [1.807, 2.05) is 56.3 Å². The van der Waals surface area contributed by atoms with Gasteiger partial charge in [0.25, 0.3) is 0 Å². The number of hydrogen-bond acceptors (Lipinski definition) is 8. The Kier molecular flexibility index (Phi) is 18.2. The van der Waals surface area contributed by atoms with Crippen molar-refractivity contribution in [1.29, 1.82) is 0 Å². The van der Waals surface area contributed by atoms with Gasteiger partial charge in [0.2, 0.25) is 23.6 Å². The SMILES string of the molecule is CC(C)C[C@@H]1NC(=O)C(Cc2ccccc2)N(C(=O)OC(C)(C)C)C/C=C\CCCCCCCCOC(=O)[C@H](C)NC(=O)[C@H](C)NC(=O)[C@@H]2CCCN2C1=O. The van der Waals surface area contributed by atoms with E-state index in [1.165, 1.54) is 23.6 Å². The van der Waals surface area contributed by atoms with Crippen LogP contribution >= 0.6 is 0 Å². The van der Waals surface area contributed by atoms with Gasteiger partial charge in [0, 0.05) is 19.5 Å². The Morgan fingerprint density at radius 2 is 1.49 bits per heavy atom. The van der Waals surface area contributed by atoms with Crippen LogP contribution in [0.2, 0.25) is 0 Å². The second-order valence-electron chi connectivity index (χ2n) is 16.2. The zero-order chi connectivity index (χ0) is 40.5. The summed E-state index contributed by atoms with van der Waals surface area (Å²) in [5, 5.41) is 8.32. The van der Waals surface area contributed by atoms with Crippen molar-refractivity contribution >= 4 is 35.7 Å². The lowest BCUT2D eigenvalue weighted by Gasteiger charge is -2.34. The lowest BCUT2D eigenvalue weighted by atomic mass is 9.99. The molecule has 0 aliphatic carbocycles. The molecule has 5 atom stereocenters. The second-order valence-corrected chi connectivity index (χ2v) is 16.2. The topological polar surface area (TPSA) is 163 Å². The van der Waals surface area contributed by atoms with Crippen molar-refractivity contribution in [1.82, 2.24) is 25.8 Å². The highest BCUT2D eigenvalue weighted by molar-refractivity contribution is 5.96. The number of carbonyl (C=O) groups is 6. The molecule has 1 aromatic rings. The molecule has 5 amide bonds. The third kappa shape index (κ3) is 15.3. The minimum Gasteiger partial charge on any atom is -0.464 e. The average Bonchev–Trinajstić information content (AvgIpc) is 3.61. The smallest absolute Gasteiger partial charge is 0.411 e.